The van der Waals surface area contributed by atoms with E-state index in [0.717, 1.165) is 16.5 Å². The second kappa shape index (κ2) is 4.24. The third-order valence-corrected chi connectivity index (χ3v) is 3.20. The lowest BCUT2D eigenvalue weighted by molar-refractivity contribution is -0.139. The lowest BCUT2D eigenvalue weighted by Gasteiger charge is -2.18. The van der Waals surface area contributed by atoms with Gasteiger partial charge in [0, 0.05) is 13.2 Å². The summed E-state index contributed by atoms with van der Waals surface area (Å²) in [5.41, 5.74) is 1.92. The van der Waals surface area contributed by atoms with Gasteiger partial charge in [-0.15, -0.1) is 0 Å². The van der Waals surface area contributed by atoms with Gasteiger partial charge in [-0.05, 0) is 22.9 Å². The van der Waals surface area contributed by atoms with Gasteiger partial charge in [0.2, 0.25) is 0 Å². The van der Waals surface area contributed by atoms with E-state index in [9.17, 15) is 9.90 Å². The predicted octanol–water partition coefficient (Wildman–Crippen LogP) is 3.00. The summed E-state index contributed by atoms with van der Waals surface area (Å²) in [6, 6.07) is 7.87. The van der Waals surface area contributed by atoms with Crippen molar-refractivity contribution in [2.45, 2.75) is 19.8 Å². The molecular weight excluding hydrogens is 214 g/mol. The molecule has 0 saturated carbocycles. The molecule has 2 rings (SSSR count). The number of aromatic nitrogens is 1. The summed E-state index contributed by atoms with van der Waals surface area (Å²) in [5.74, 6) is -1.13. The molecule has 1 N–H and O–H groups in total. The predicted molar refractivity (Wildman–Crippen MR) is 68.1 cm³/mol. The van der Waals surface area contributed by atoms with Gasteiger partial charge in [0.15, 0.2) is 0 Å². The topological polar surface area (TPSA) is 42.2 Å². The summed E-state index contributed by atoms with van der Waals surface area (Å²) in [4.78, 5) is 11.4. The molecule has 0 aliphatic rings. The zero-order valence-electron chi connectivity index (χ0n) is 10.3. The van der Waals surface area contributed by atoms with E-state index in [0.29, 0.717) is 0 Å². The number of hydrogen-bond donors (Lipinski definition) is 1. The van der Waals surface area contributed by atoms with Crippen LogP contribution in [0.15, 0.2) is 30.5 Å². The average Bonchev–Trinajstić information content (AvgIpc) is 2.60. The summed E-state index contributed by atoms with van der Waals surface area (Å²) in [6.45, 7) is 3.89. The molecule has 0 radical (unpaired) electrons. The van der Waals surface area contributed by atoms with Crippen LogP contribution >= 0.6 is 0 Å². The minimum absolute atomic E-state index is 0.0769. The molecule has 3 heteroatoms. The monoisotopic (exact) mass is 231 g/mol. The minimum Gasteiger partial charge on any atom is -0.481 e. The molecule has 0 aliphatic heterocycles. The van der Waals surface area contributed by atoms with E-state index in [-0.39, 0.29) is 5.92 Å². The highest BCUT2D eigenvalue weighted by Crippen LogP contribution is 2.31. The molecule has 0 bridgehead atoms. The summed E-state index contributed by atoms with van der Waals surface area (Å²) in [7, 11) is 1.95. The van der Waals surface area contributed by atoms with Crippen molar-refractivity contribution in [3.8, 4) is 0 Å². The largest absolute Gasteiger partial charge is 0.481 e. The number of carboxylic acid groups (broad SMARTS) is 1. The van der Waals surface area contributed by atoms with E-state index in [4.69, 9.17) is 0 Å². The number of aliphatic carboxylic acids is 1. The normalized spacial score (nSPS) is 13.2. The van der Waals surface area contributed by atoms with Crippen LogP contribution in [-0.2, 0) is 11.8 Å². The first-order valence-electron chi connectivity index (χ1n) is 5.79. The molecule has 0 aliphatic carbocycles. The van der Waals surface area contributed by atoms with Crippen LogP contribution in [0.4, 0.5) is 0 Å². The lowest BCUT2D eigenvalue weighted by Crippen LogP contribution is -2.18. The quantitative estimate of drug-likeness (QED) is 0.882. The third kappa shape index (κ3) is 1.93. The van der Waals surface area contributed by atoms with Gasteiger partial charge in [-0.1, -0.05) is 32.0 Å². The lowest BCUT2D eigenvalue weighted by atomic mass is 9.87. The zero-order chi connectivity index (χ0) is 12.6. The number of carbonyl (C=O) groups is 1. The molecular formula is C14H17NO2. The summed E-state index contributed by atoms with van der Waals surface area (Å²) in [5, 5.41) is 10.5. The van der Waals surface area contributed by atoms with Crippen molar-refractivity contribution in [1.82, 2.24) is 4.57 Å². The van der Waals surface area contributed by atoms with E-state index >= 15 is 0 Å². The zero-order valence-corrected chi connectivity index (χ0v) is 10.3. The van der Waals surface area contributed by atoms with Crippen molar-refractivity contribution in [2.75, 3.05) is 0 Å². The number of fused-ring (bicyclic) bond motifs is 1. The van der Waals surface area contributed by atoms with Gasteiger partial charge in [-0.25, -0.2) is 0 Å². The van der Waals surface area contributed by atoms with Crippen molar-refractivity contribution in [1.29, 1.82) is 0 Å². The van der Waals surface area contributed by atoms with Crippen LogP contribution in [0.25, 0.3) is 10.9 Å². The number of carboxylic acids is 1. The standard InChI is InChI=1S/C14H17NO2/c1-9(2)12(14(16)17)11-6-4-5-10-7-8-15(3)13(10)11/h4-9,12H,1-3H3,(H,16,17). The second-order valence-corrected chi connectivity index (χ2v) is 4.77. The molecule has 1 heterocycles. The Hall–Kier alpha value is -1.77. The first kappa shape index (κ1) is 11.7. The van der Waals surface area contributed by atoms with Crippen molar-refractivity contribution in [2.24, 2.45) is 13.0 Å². The smallest absolute Gasteiger partial charge is 0.311 e. The molecule has 17 heavy (non-hydrogen) atoms. The number of nitrogens with zero attached hydrogens (tertiary/aromatic N) is 1. The Morgan fingerprint density at radius 2 is 2.00 bits per heavy atom. The van der Waals surface area contributed by atoms with Gasteiger partial charge in [-0.2, -0.15) is 0 Å². The van der Waals surface area contributed by atoms with E-state index < -0.39 is 11.9 Å². The molecule has 0 saturated heterocycles. The summed E-state index contributed by atoms with van der Waals surface area (Å²) >= 11 is 0. The van der Waals surface area contributed by atoms with E-state index in [1.165, 1.54) is 0 Å². The Bertz CT molecular complexity index is 554. The Labute approximate surface area is 101 Å². The minimum atomic E-state index is -0.756. The molecule has 90 valence electrons. The number of para-hydroxylation sites is 1. The van der Waals surface area contributed by atoms with Gasteiger partial charge in [0.05, 0.1) is 11.4 Å². The fourth-order valence-corrected chi connectivity index (χ4v) is 2.42. The molecule has 0 spiro atoms. The Morgan fingerprint density at radius 1 is 1.29 bits per heavy atom. The molecule has 0 amide bonds. The molecule has 0 fully saturated rings. The Morgan fingerprint density at radius 3 is 2.59 bits per heavy atom. The van der Waals surface area contributed by atoms with Gasteiger partial charge < -0.3 is 9.67 Å². The summed E-state index contributed by atoms with van der Waals surface area (Å²) < 4.78 is 1.99. The maximum Gasteiger partial charge on any atom is 0.311 e. The van der Waals surface area contributed by atoms with Gasteiger partial charge in [-0.3, -0.25) is 4.79 Å². The van der Waals surface area contributed by atoms with Crippen LogP contribution in [-0.4, -0.2) is 15.6 Å². The van der Waals surface area contributed by atoms with Crippen LogP contribution in [0.5, 0.6) is 0 Å². The highest BCUT2D eigenvalue weighted by Gasteiger charge is 2.26. The second-order valence-electron chi connectivity index (χ2n) is 4.77. The Balaban J connectivity index is 2.68. The van der Waals surface area contributed by atoms with Crippen LogP contribution in [0, 0.1) is 5.92 Å². The van der Waals surface area contributed by atoms with Crippen LogP contribution < -0.4 is 0 Å². The molecule has 2 aromatic rings. The maximum absolute atomic E-state index is 11.4. The summed E-state index contributed by atoms with van der Waals surface area (Å²) in [6.07, 6.45) is 1.97. The molecule has 3 nitrogen and oxygen atoms in total. The average molecular weight is 231 g/mol. The van der Waals surface area contributed by atoms with Gasteiger partial charge in [0.1, 0.15) is 0 Å². The van der Waals surface area contributed by atoms with Crippen molar-refractivity contribution >= 4 is 16.9 Å². The van der Waals surface area contributed by atoms with E-state index in [1.54, 1.807) is 0 Å². The maximum atomic E-state index is 11.4. The van der Waals surface area contributed by atoms with Gasteiger partial charge >= 0.3 is 5.97 Å². The van der Waals surface area contributed by atoms with Gasteiger partial charge in [0.25, 0.3) is 0 Å². The van der Waals surface area contributed by atoms with Crippen molar-refractivity contribution < 1.29 is 9.90 Å². The van der Waals surface area contributed by atoms with Crippen molar-refractivity contribution in [3.05, 3.63) is 36.0 Å². The van der Waals surface area contributed by atoms with Crippen LogP contribution in [0.3, 0.4) is 0 Å². The van der Waals surface area contributed by atoms with Crippen LogP contribution in [0.2, 0.25) is 0 Å². The van der Waals surface area contributed by atoms with Crippen LogP contribution in [0.1, 0.15) is 25.3 Å². The first-order valence-corrected chi connectivity index (χ1v) is 5.79. The fraction of sp³-hybridized carbons (Fsp3) is 0.357. The molecule has 1 atom stereocenters. The fourth-order valence-electron chi connectivity index (χ4n) is 2.42. The van der Waals surface area contributed by atoms with E-state index in [2.05, 4.69) is 0 Å². The molecule has 1 aromatic carbocycles. The highest BCUT2D eigenvalue weighted by atomic mass is 16.4. The Kier molecular flexibility index (Phi) is 2.92. The number of hydrogen-bond acceptors (Lipinski definition) is 1. The number of aryl methyl sites for hydroxylation is 1. The molecule has 1 unspecified atom stereocenters. The SMILES string of the molecule is CC(C)C(C(=O)O)c1cccc2ccn(C)c12. The number of benzene rings is 1. The highest BCUT2D eigenvalue weighted by molar-refractivity contribution is 5.89. The van der Waals surface area contributed by atoms with Crippen molar-refractivity contribution in [3.63, 3.8) is 0 Å². The third-order valence-electron chi connectivity index (χ3n) is 3.20. The number of rotatable bonds is 3. The first-order chi connectivity index (χ1) is 8.02. The molecule has 1 aromatic heterocycles. The van der Waals surface area contributed by atoms with E-state index in [1.807, 2.05) is 55.9 Å².